The molecule has 1 fully saturated rings. The van der Waals surface area contributed by atoms with Crippen LogP contribution in [-0.2, 0) is 17.7 Å². The number of aryl methyl sites for hydroxylation is 1. The Morgan fingerprint density at radius 2 is 2.10 bits per heavy atom. The highest BCUT2D eigenvalue weighted by Gasteiger charge is 2.30. The number of urea groups is 1. The van der Waals surface area contributed by atoms with Crippen molar-refractivity contribution < 1.29 is 9.53 Å². The molecule has 39 heavy (non-hydrogen) atoms. The minimum Gasteiger partial charge on any atom is -0.376 e. The second kappa shape index (κ2) is 10.8. The minimum atomic E-state index is -0.0145. The molecule has 0 radical (unpaired) electrons. The first-order valence-corrected chi connectivity index (χ1v) is 13.9. The molecule has 6 rings (SSSR count). The van der Waals surface area contributed by atoms with Crippen LogP contribution in [0.5, 0.6) is 0 Å². The lowest BCUT2D eigenvalue weighted by atomic mass is 9.88. The zero-order chi connectivity index (χ0) is 26.9. The Labute approximate surface area is 229 Å². The number of methoxy groups -OCH3 is 1. The fraction of sp³-hybridized carbons (Fsp3) is 0.433. The van der Waals surface area contributed by atoms with E-state index in [1.54, 1.807) is 13.3 Å². The number of fused-ring (bicyclic) bond motifs is 2. The second-order valence-corrected chi connectivity index (χ2v) is 10.9. The fourth-order valence-electron chi connectivity index (χ4n) is 6.30. The molecule has 1 aromatic carbocycles. The fourth-order valence-corrected chi connectivity index (χ4v) is 6.30. The highest BCUT2D eigenvalue weighted by Crippen LogP contribution is 2.35. The van der Waals surface area contributed by atoms with Crippen LogP contribution in [0.4, 0.5) is 4.79 Å². The number of piperidine rings is 1. The van der Waals surface area contributed by atoms with Crippen LogP contribution in [0.25, 0.3) is 16.8 Å². The summed E-state index contributed by atoms with van der Waals surface area (Å²) < 4.78 is 5.71. The molecule has 0 spiro atoms. The first-order valence-electron chi connectivity index (χ1n) is 13.9. The summed E-state index contributed by atoms with van der Waals surface area (Å²) in [6, 6.07) is 12.6. The van der Waals surface area contributed by atoms with Gasteiger partial charge in [0.05, 0.1) is 24.0 Å². The molecule has 4 heterocycles. The van der Waals surface area contributed by atoms with E-state index < -0.39 is 0 Å². The molecule has 2 atom stereocenters. The third-order valence-corrected chi connectivity index (χ3v) is 8.29. The van der Waals surface area contributed by atoms with E-state index in [4.69, 9.17) is 10.6 Å². The van der Waals surface area contributed by atoms with Gasteiger partial charge in [0.1, 0.15) is 0 Å². The maximum atomic E-state index is 13.4. The largest absolute Gasteiger partial charge is 0.376 e. The topological polar surface area (TPSA) is 102 Å². The number of hydrogen-bond acceptors (Lipinski definition) is 6. The van der Waals surface area contributed by atoms with Crippen molar-refractivity contribution >= 4 is 11.6 Å². The number of rotatable bonds is 5. The Kier molecular flexibility index (Phi) is 7.10. The van der Waals surface area contributed by atoms with E-state index >= 15 is 0 Å². The van der Waals surface area contributed by atoms with Gasteiger partial charge < -0.3 is 20.8 Å². The number of nitrogens with one attached hydrogen (secondary N) is 1. The molecule has 3 N–H and O–H groups in total. The van der Waals surface area contributed by atoms with Gasteiger partial charge in [-0.25, -0.2) is 4.79 Å². The third kappa shape index (κ3) is 5.16. The lowest BCUT2D eigenvalue weighted by molar-refractivity contribution is 0.104. The summed E-state index contributed by atoms with van der Waals surface area (Å²) in [5.74, 6) is 6.20. The van der Waals surface area contributed by atoms with Gasteiger partial charge in [0.2, 0.25) is 0 Å². The van der Waals surface area contributed by atoms with Gasteiger partial charge in [0, 0.05) is 62.2 Å². The lowest BCUT2D eigenvalue weighted by Gasteiger charge is -2.36. The van der Waals surface area contributed by atoms with E-state index in [2.05, 4.69) is 50.6 Å². The van der Waals surface area contributed by atoms with E-state index in [1.807, 2.05) is 24.0 Å². The number of carbonyl (C=O) groups excluding carboxylic acids is 1. The number of benzene rings is 1. The summed E-state index contributed by atoms with van der Waals surface area (Å²) in [5.41, 5.74) is 8.64. The smallest absolute Gasteiger partial charge is 0.317 e. The molecule has 1 unspecified atom stereocenters. The highest BCUT2D eigenvalue weighted by atomic mass is 16.5. The van der Waals surface area contributed by atoms with Crippen molar-refractivity contribution in [2.45, 2.75) is 51.3 Å². The number of hydrogen-bond donors (Lipinski definition) is 2. The molecule has 1 saturated heterocycles. The van der Waals surface area contributed by atoms with Gasteiger partial charge in [-0.1, -0.05) is 30.3 Å². The first-order chi connectivity index (χ1) is 19.0. The predicted octanol–water partition coefficient (Wildman–Crippen LogP) is 3.67. The molecule has 1 aliphatic carbocycles. The van der Waals surface area contributed by atoms with E-state index in [-0.39, 0.29) is 18.2 Å². The minimum absolute atomic E-state index is 0.0145. The zero-order valence-electron chi connectivity index (χ0n) is 22.8. The first kappa shape index (κ1) is 25.6. The second-order valence-electron chi connectivity index (χ2n) is 10.9. The number of amides is 2. The van der Waals surface area contributed by atoms with Crippen molar-refractivity contribution in [3.8, 4) is 11.3 Å². The van der Waals surface area contributed by atoms with E-state index in [0.717, 1.165) is 67.1 Å². The number of nitrogen functional groups attached to an aromatic ring is 1. The summed E-state index contributed by atoms with van der Waals surface area (Å²) >= 11 is 0. The quantitative estimate of drug-likeness (QED) is 0.491. The zero-order valence-corrected chi connectivity index (χ0v) is 22.8. The number of nitrogens with two attached hydrogens (primary N) is 1. The number of carbonyl (C=O) groups is 1. The van der Waals surface area contributed by atoms with Gasteiger partial charge in [-0.2, -0.15) is 9.89 Å². The average molecular weight is 528 g/mol. The summed E-state index contributed by atoms with van der Waals surface area (Å²) in [4.78, 5) is 23.6. The molecule has 2 aliphatic heterocycles. The molecule has 3 aliphatic rings. The monoisotopic (exact) mass is 527 g/mol. The maximum absolute atomic E-state index is 13.4. The molecule has 0 saturated carbocycles. The molecule has 204 valence electrons. The SMILES string of the molecule is COC1CC=C(CN2CCC[C@@H](NC(=O)N3CCc4c(c(-c5ccnc(C)c5)nn4N)C3)C2)c2ccccc21. The highest BCUT2D eigenvalue weighted by molar-refractivity contribution is 5.76. The van der Waals surface area contributed by atoms with Gasteiger partial charge in [-0.3, -0.25) is 9.88 Å². The molecule has 3 aromatic rings. The number of ether oxygens (including phenoxy) is 1. The molecule has 2 amide bonds. The van der Waals surface area contributed by atoms with Crippen molar-refractivity contribution in [2.24, 2.45) is 0 Å². The molecule has 0 bridgehead atoms. The van der Waals surface area contributed by atoms with Crippen LogP contribution in [0.2, 0.25) is 0 Å². The van der Waals surface area contributed by atoms with Crippen molar-refractivity contribution in [3.05, 3.63) is 76.7 Å². The normalized spacial score (nSPS) is 21.2. The molecular weight excluding hydrogens is 490 g/mol. The standard InChI is InChI=1S/C30H37N7O2/c1-20-16-21(11-13-32-20)29-26-19-36(15-12-27(26)37(31)34-29)30(38)33-23-6-5-14-35(18-23)17-22-9-10-28(39-2)25-8-4-3-7-24(22)25/h3-4,7-9,11,13,16,23,28H,5-6,10,12,14-15,17-19,31H2,1-2H3,(H,33,38)/t23-,28?/m1/s1. The Hall–Kier alpha value is -3.69. The van der Waals surface area contributed by atoms with Crippen LogP contribution in [0.15, 0.2) is 48.7 Å². The van der Waals surface area contributed by atoms with Gasteiger partial charge in [-0.15, -0.1) is 0 Å². The van der Waals surface area contributed by atoms with E-state index in [9.17, 15) is 4.79 Å². The molecular formula is C30H37N7O2. The van der Waals surface area contributed by atoms with Gasteiger partial charge in [-0.05, 0) is 61.6 Å². The summed E-state index contributed by atoms with van der Waals surface area (Å²) in [5, 5.41) is 7.93. The van der Waals surface area contributed by atoms with Crippen molar-refractivity contribution in [2.75, 3.05) is 39.1 Å². The van der Waals surface area contributed by atoms with Crippen molar-refractivity contribution in [3.63, 3.8) is 0 Å². The Morgan fingerprint density at radius 3 is 2.95 bits per heavy atom. The molecule has 9 heteroatoms. The van der Waals surface area contributed by atoms with Crippen molar-refractivity contribution in [1.82, 2.24) is 30.0 Å². The van der Waals surface area contributed by atoms with Crippen LogP contribution in [0, 0.1) is 6.92 Å². The van der Waals surface area contributed by atoms with Gasteiger partial charge in [0.25, 0.3) is 0 Å². The average Bonchev–Trinajstić information content (AvgIpc) is 3.29. The number of likely N-dealkylation sites (tertiary alicyclic amines) is 1. The van der Waals surface area contributed by atoms with E-state index in [1.165, 1.54) is 21.5 Å². The summed E-state index contributed by atoms with van der Waals surface area (Å²) in [6.07, 6.45) is 7.87. The number of nitrogens with zero attached hydrogens (tertiary/aromatic N) is 5. The van der Waals surface area contributed by atoms with Gasteiger partial charge >= 0.3 is 6.03 Å². The Balaban J connectivity index is 1.11. The van der Waals surface area contributed by atoms with Crippen LogP contribution in [-0.4, -0.2) is 70.0 Å². The summed E-state index contributed by atoms with van der Waals surface area (Å²) in [6.45, 7) is 5.85. The van der Waals surface area contributed by atoms with E-state index in [0.29, 0.717) is 19.5 Å². The third-order valence-electron chi connectivity index (χ3n) is 8.29. The van der Waals surface area contributed by atoms with Gasteiger partial charge in [0.15, 0.2) is 0 Å². The maximum Gasteiger partial charge on any atom is 0.317 e. The molecule has 2 aromatic heterocycles. The Bertz CT molecular complexity index is 1400. The van der Waals surface area contributed by atoms with Crippen molar-refractivity contribution in [1.29, 1.82) is 0 Å². The lowest BCUT2D eigenvalue weighted by Crippen LogP contribution is -2.52. The summed E-state index contributed by atoms with van der Waals surface area (Å²) in [7, 11) is 1.78. The van der Waals surface area contributed by atoms with Crippen LogP contribution in [0.3, 0.4) is 0 Å². The van der Waals surface area contributed by atoms with Crippen LogP contribution >= 0.6 is 0 Å². The molecule has 9 nitrogen and oxygen atoms in total. The van der Waals surface area contributed by atoms with Crippen LogP contribution < -0.4 is 11.2 Å². The predicted molar refractivity (Wildman–Crippen MR) is 151 cm³/mol. The number of pyridine rings is 1. The Morgan fingerprint density at radius 1 is 1.23 bits per heavy atom. The van der Waals surface area contributed by atoms with Crippen LogP contribution in [0.1, 0.15) is 53.4 Å². The number of aromatic nitrogens is 3.